The third-order valence-electron chi connectivity index (χ3n) is 3.61. The van der Waals surface area contributed by atoms with Crippen molar-refractivity contribution in [1.82, 2.24) is 10.6 Å². The number of nitrogens with one attached hydrogen (secondary N) is 2. The van der Waals surface area contributed by atoms with E-state index in [1.54, 1.807) is 7.11 Å². The summed E-state index contributed by atoms with van der Waals surface area (Å²) >= 11 is 0. The van der Waals surface area contributed by atoms with Crippen LogP contribution in [-0.2, 0) is 4.74 Å². The van der Waals surface area contributed by atoms with Crippen molar-refractivity contribution in [3.63, 3.8) is 0 Å². The zero-order valence-corrected chi connectivity index (χ0v) is 13.4. The first kappa shape index (κ1) is 17.9. The highest BCUT2D eigenvalue weighted by Gasteiger charge is 2.13. The highest BCUT2D eigenvalue weighted by molar-refractivity contribution is 5.73. The number of carbonyl (C=O) groups is 1. The second-order valence-corrected chi connectivity index (χ2v) is 5.29. The molecule has 128 valence electrons. The topological polar surface area (TPSA) is 70.6 Å². The first-order chi connectivity index (χ1) is 11.6. The molecule has 2 atom stereocenters. The first-order valence-corrected chi connectivity index (χ1v) is 7.63. The number of benzene rings is 2. The summed E-state index contributed by atoms with van der Waals surface area (Å²) in [5.41, 5.74) is 1.50. The summed E-state index contributed by atoms with van der Waals surface area (Å²) in [6, 6.07) is 14.6. The van der Waals surface area contributed by atoms with Crippen LogP contribution >= 0.6 is 0 Å². The minimum absolute atomic E-state index is 0.0282. The van der Waals surface area contributed by atoms with E-state index in [1.807, 2.05) is 30.3 Å². The van der Waals surface area contributed by atoms with Crippen LogP contribution in [0.4, 0.5) is 9.18 Å². The molecule has 0 fully saturated rings. The Kier molecular flexibility index (Phi) is 6.72. The van der Waals surface area contributed by atoms with Gasteiger partial charge in [-0.05, 0) is 23.3 Å². The van der Waals surface area contributed by atoms with E-state index < -0.39 is 12.1 Å². The molecule has 0 aliphatic heterocycles. The van der Waals surface area contributed by atoms with Crippen molar-refractivity contribution in [1.29, 1.82) is 0 Å². The summed E-state index contributed by atoms with van der Waals surface area (Å²) in [7, 11) is 1.58. The highest BCUT2D eigenvalue weighted by Crippen LogP contribution is 2.15. The summed E-state index contributed by atoms with van der Waals surface area (Å²) in [5, 5.41) is 15.3. The molecular weight excluding hydrogens is 311 g/mol. The molecule has 2 aromatic rings. The zero-order valence-electron chi connectivity index (χ0n) is 13.4. The number of carbonyl (C=O) groups excluding carboxylic acids is 1. The average molecular weight is 332 g/mol. The molecule has 24 heavy (non-hydrogen) atoms. The van der Waals surface area contributed by atoms with E-state index in [0.29, 0.717) is 12.1 Å². The number of aliphatic hydroxyl groups excluding tert-OH is 1. The lowest BCUT2D eigenvalue weighted by Gasteiger charge is -2.17. The van der Waals surface area contributed by atoms with Crippen LogP contribution in [0, 0.1) is 5.82 Å². The van der Waals surface area contributed by atoms with Gasteiger partial charge in [0.2, 0.25) is 0 Å². The Morgan fingerprint density at radius 2 is 1.67 bits per heavy atom. The van der Waals surface area contributed by atoms with Crippen molar-refractivity contribution < 1.29 is 19.0 Å². The predicted molar refractivity (Wildman–Crippen MR) is 89.0 cm³/mol. The van der Waals surface area contributed by atoms with Gasteiger partial charge in [0.1, 0.15) is 5.82 Å². The second kappa shape index (κ2) is 9.00. The molecule has 0 aromatic heterocycles. The molecule has 0 bridgehead atoms. The van der Waals surface area contributed by atoms with E-state index in [0.717, 1.165) is 5.56 Å². The minimum atomic E-state index is -0.899. The van der Waals surface area contributed by atoms with Crippen LogP contribution in [0.2, 0.25) is 0 Å². The van der Waals surface area contributed by atoms with Gasteiger partial charge in [-0.3, -0.25) is 0 Å². The average Bonchev–Trinajstić information content (AvgIpc) is 2.61. The van der Waals surface area contributed by atoms with E-state index in [9.17, 15) is 14.3 Å². The lowest BCUT2D eigenvalue weighted by Crippen LogP contribution is -2.39. The van der Waals surface area contributed by atoms with Gasteiger partial charge in [0, 0.05) is 20.2 Å². The van der Waals surface area contributed by atoms with Crippen LogP contribution in [-0.4, -0.2) is 31.3 Å². The summed E-state index contributed by atoms with van der Waals surface area (Å²) in [4.78, 5) is 11.8. The number of hydrogen-bond donors (Lipinski definition) is 3. The van der Waals surface area contributed by atoms with Gasteiger partial charge in [-0.2, -0.15) is 0 Å². The zero-order chi connectivity index (χ0) is 17.4. The number of hydrogen-bond acceptors (Lipinski definition) is 3. The van der Waals surface area contributed by atoms with Gasteiger partial charge in [-0.15, -0.1) is 0 Å². The fraction of sp³-hybridized carbons (Fsp3) is 0.278. The van der Waals surface area contributed by atoms with Crippen LogP contribution in [0.1, 0.15) is 23.3 Å². The smallest absolute Gasteiger partial charge is 0.314 e. The van der Waals surface area contributed by atoms with Gasteiger partial charge in [0.05, 0.1) is 12.2 Å². The normalized spacial score (nSPS) is 13.1. The van der Waals surface area contributed by atoms with E-state index in [4.69, 9.17) is 4.74 Å². The lowest BCUT2D eigenvalue weighted by atomic mass is 10.1. The van der Waals surface area contributed by atoms with Gasteiger partial charge in [0.25, 0.3) is 0 Å². The summed E-state index contributed by atoms with van der Waals surface area (Å²) in [5.74, 6) is -0.372. The van der Waals surface area contributed by atoms with Crippen LogP contribution in [0.15, 0.2) is 54.6 Å². The number of ether oxygens (including phenoxy) is 1. The summed E-state index contributed by atoms with van der Waals surface area (Å²) in [6.45, 7) is 0.333. The van der Waals surface area contributed by atoms with Gasteiger partial charge < -0.3 is 20.5 Å². The van der Waals surface area contributed by atoms with Gasteiger partial charge in [-0.1, -0.05) is 42.5 Å². The van der Waals surface area contributed by atoms with Gasteiger partial charge in [-0.25, -0.2) is 9.18 Å². The molecule has 0 spiro atoms. The van der Waals surface area contributed by atoms with Crippen molar-refractivity contribution in [3.8, 4) is 0 Å². The number of halogens is 1. The molecule has 2 aromatic carbocycles. The molecule has 5 nitrogen and oxygen atoms in total. The Morgan fingerprint density at radius 1 is 1.04 bits per heavy atom. The van der Waals surface area contributed by atoms with Crippen LogP contribution in [0.3, 0.4) is 0 Å². The van der Waals surface area contributed by atoms with Crippen molar-refractivity contribution in [3.05, 3.63) is 71.5 Å². The largest absolute Gasteiger partial charge is 0.387 e. The van der Waals surface area contributed by atoms with Crippen molar-refractivity contribution in [2.24, 2.45) is 0 Å². The molecular formula is C18H21FN2O3. The fourth-order valence-electron chi connectivity index (χ4n) is 2.25. The molecule has 2 unspecified atom stereocenters. The summed E-state index contributed by atoms with van der Waals surface area (Å²) in [6.07, 6.45) is -1.15. The van der Waals surface area contributed by atoms with Crippen LogP contribution < -0.4 is 10.6 Å². The van der Waals surface area contributed by atoms with Crippen LogP contribution in [0.5, 0.6) is 0 Å². The quantitative estimate of drug-likeness (QED) is 0.730. The van der Waals surface area contributed by atoms with Crippen LogP contribution in [0.25, 0.3) is 0 Å². The molecule has 0 aliphatic rings. The van der Waals surface area contributed by atoms with E-state index >= 15 is 0 Å². The summed E-state index contributed by atoms with van der Waals surface area (Å²) < 4.78 is 18.2. The Hall–Kier alpha value is -2.44. The monoisotopic (exact) mass is 332 g/mol. The predicted octanol–water partition coefficient (Wildman–Crippen LogP) is 2.55. The first-order valence-electron chi connectivity index (χ1n) is 7.63. The Balaban J connectivity index is 1.77. The molecule has 6 heteroatoms. The Bertz CT molecular complexity index is 634. The molecule has 0 heterocycles. The van der Waals surface area contributed by atoms with Crippen molar-refractivity contribution >= 4 is 6.03 Å². The maximum atomic E-state index is 12.8. The molecule has 0 radical (unpaired) electrons. The number of aliphatic hydroxyl groups is 1. The fourth-order valence-corrected chi connectivity index (χ4v) is 2.25. The molecule has 2 rings (SSSR count). The maximum Gasteiger partial charge on any atom is 0.314 e. The third kappa shape index (κ3) is 5.33. The van der Waals surface area contributed by atoms with Gasteiger partial charge >= 0.3 is 6.03 Å². The second-order valence-electron chi connectivity index (χ2n) is 5.29. The molecule has 0 saturated carbocycles. The molecule has 3 N–H and O–H groups in total. The Labute approximate surface area is 140 Å². The van der Waals surface area contributed by atoms with E-state index in [1.165, 1.54) is 24.3 Å². The third-order valence-corrected chi connectivity index (χ3v) is 3.61. The molecule has 2 amide bonds. The van der Waals surface area contributed by atoms with E-state index in [2.05, 4.69) is 10.6 Å². The lowest BCUT2D eigenvalue weighted by molar-refractivity contribution is 0.103. The van der Waals surface area contributed by atoms with Crippen molar-refractivity contribution in [2.75, 3.05) is 20.2 Å². The van der Waals surface area contributed by atoms with Crippen molar-refractivity contribution in [2.45, 2.75) is 12.2 Å². The SMILES string of the molecule is COC(CNC(=O)NCC(O)c1ccc(F)cc1)c1ccccc1. The minimum Gasteiger partial charge on any atom is -0.387 e. The highest BCUT2D eigenvalue weighted by atomic mass is 19.1. The number of urea groups is 1. The van der Waals surface area contributed by atoms with E-state index in [-0.39, 0.29) is 18.5 Å². The molecule has 0 aliphatic carbocycles. The molecule has 0 saturated heterocycles. The number of methoxy groups -OCH3 is 1. The number of rotatable bonds is 7. The maximum absolute atomic E-state index is 12.8. The number of amides is 2. The Morgan fingerprint density at radius 3 is 2.29 bits per heavy atom. The standard InChI is InChI=1S/C18H21FN2O3/c1-24-17(14-5-3-2-4-6-14)12-21-18(23)20-11-16(22)13-7-9-15(19)10-8-13/h2-10,16-17,22H,11-12H2,1H3,(H2,20,21,23). The van der Waals surface area contributed by atoms with Gasteiger partial charge in [0.15, 0.2) is 0 Å².